The predicted octanol–water partition coefficient (Wildman–Crippen LogP) is 7.00. The number of hydrogen-bond donors (Lipinski definition) is 0. The number of hydrogen-bond acceptors (Lipinski definition) is 2. The summed E-state index contributed by atoms with van der Waals surface area (Å²) in [5.74, 6) is 0.701. The first-order valence-corrected chi connectivity index (χ1v) is 12.4. The summed E-state index contributed by atoms with van der Waals surface area (Å²) in [4.78, 5) is 27.7. The third-order valence-corrected chi connectivity index (χ3v) is 7.80. The van der Waals surface area contributed by atoms with Crippen molar-refractivity contribution < 1.29 is 9.59 Å². The minimum absolute atomic E-state index is 0.0103. The monoisotopic (exact) mass is 471 g/mol. The fourth-order valence-electron chi connectivity index (χ4n) is 5.57. The van der Waals surface area contributed by atoms with E-state index in [2.05, 4.69) is 38.1 Å². The molecule has 2 aromatic carbocycles. The topological polar surface area (TPSA) is 37.4 Å². The molecule has 2 fully saturated rings. The number of aryl methyl sites for hydroxylation is 1. The van der Waals surface area contributed by atoms with Crippen LogP contribution in [-0.4, -0.2) is 23.3 Å². The number of benzene rings is 2. The summed E-state index contributed by atoms with van der Waals surface area (Å²) in [5, 5.41) is 1.47. The van der Waals surface area contributed by atoms with Gasteiger partial charge in [-0.25, -0.2) is 0 Å². The summed E-state index contributed by atoms with van der Waals surface area (Å²) in [7, 11) is 0. The van der Waals surface area contributed by atoms with Crippen molar-refractivity contribution in [3.05, 3.63) is 69.2 Å². The molecule has 170 valence electrons. The Morgan fingerprint density at radius 3 is 2.41 bits per heavy atom. The van der Waals surface area contributed by atoms with Gasteiger partial charge in [-0.1, -0.05) is 61.3 Å². The SMILES string of the molecule is Cc1ccc(C2CCC3C(=O)N(C(=O)CCC(C)C)CC3C2c2ccc(Cl)cc2)c(Cl)c1. The largest absolute Gasteiger partial charge is 0.282 e. The highest BCUT2D eigenvalue weighted by Crippen LogP contribution is 2.54. The van der Waals surface area contributed by atoms with Crippen molar-refractivity contribution in [3.63, 3.8) is 0 Å². The Balaban J connectivity index is 1.69. The summed E-state index contributed by atoms with van der Waals surface area (Å²) in [6, 6.07) is 14.2. The first-order valence-electron chi connectivity index (χ1n) is 11.6. The van der Waals surface area contributed by atoms with E-state index in [0.717, 1.165) is 41.0 Å². The maximum Gasteiger partial charge on any atom is 0.232 e. The van der Waals surface area contributed by atoms with Crippen molar-refractivity contribution in [2.45, 2.75) is 58.3 Å². The summed E-state index contributed by atoms with van der Waals surface area (Å²) in [6.07, 6.45) is 2.90. The zero-order chi connectivity index (χ0) is 23.0. The van der Waals surface area contributed by atoms with Gasteiger partial charge in [-0.2, -0.15) is 0 Å². The molecule has 1 aliphatic carbocycles. The average molecular weight is 472 g/mol. The molecule has 1 heterocycles. The molecule has 4 atom stereocenters. The summed E-state index contributed by atoms with van der Waals surface area (Å²) in [5.41, 5.74) is 3.43. The number of amides is 2. The molecular formula is C27H31Cl2NO2. The van der Waals surface area contributed by atoms with E-state index in [1.165, 1.54) is 0 Å². The van der Waals surface area contributed by atoms with Gasteiger partial charge in [0, 0.05) is 28.9 Å². The molecule has 5 heteroatoms. The number of carbonyl (C=O) groups is 2. The van der Waals surface area contributed by atoms with Crippen LogP contribution in [0.4, 0.5) is 0 Å². The highest BCUT2D eigenvalue weighted by Gasteiger charge is 2.51. The Labute approximate surface area is 201 Å². The molecule has 4 unspecified atom stereocenters. The highest BCUT2D eigenvalue weighted by molar-refractivity contribution is 6.31. The number of fused-ring (bicyclic) bond motifs is 1. The fraction of sp³-hybridized carbons (Fsp3) is 0.481. The van der Waals surface area contributed by atoms with Crippen LogP contribution in [0.25, 0.3) is 0 Å². The van der Waals surface area contributed by atoms with E-state index in [-0.39, 0.29) is 35.5 Å². The van der Waals surface area contributed by atoms with Crippen LogP contribution in [-0.2, 0) is 9.59 Å². The number of carbonyl (C=O) groups excluding carboxylic acids is 2. The number of halogens is 2. The van der Waals surface area contributed by atoms with Gasteiger partial charge in [0.25, 0.3) is 0 Å². The zero-order valence-corrected chi connectivity index (χ0v) is 20.5. The lowest BCUT2D eigenvalue weighted by Crippen LogP contribution is -2.33. The molecule has 4 rings (SSSR count). The van der Waals surface area contributed by atoms with Gasteiger partial charge in [-0.3, -0.25) is 14.5 Å². The van der Waals surface area contributed by atoms with Gasteiger partial charge in [-0.05, 0) is 84.7 Å². The zero-order valence-electron chi connectivity index (χ0n) is 19.0. The smallest absolute Gasteiger partial charge is 0.232 e. The summed E-state index contributed by atoms with van der Waals surface area (Å²) < 4.78 is 0. The minimum atomic E-state index is -0.112. The van der Waals surface area contributed by atoms with Crippen molar-refractivity contribution in [1.82, 2.24) is 4.90 Å². The lowest BCUT2D eigenvalue weighted by Gasteiger charge is -2.40. The van der Waals surface area contributed by atoms with E-state index in [1.54, 1.807) is 4.90 Å². The van der Waals surface area contributed by atoms with E-state index in [9.17, 15) is 9.59 Å². The van der Waals surface area contributed by atoms with Gasteiger partial charge >= 0.3 is 0 Å². The van der Waals surface area contributed by atoms with E-state index < -0.39 is 0 Å². The molecule has 1 saturated carbocycles. The van der Waals surface area contributed by atoms with E-state index in [4.69, 9.17) is 23.2 Å². The molecular weight excluding hydrogens is 441 g/mol. The molecule has 0 aromatic heterocycles. The standard InChI is InChI=1S/C27H31Cl2NO2/c1-16(2)4-13-25(31)30-15-23-22(27(30)32)12-11-21(20-10-5-17(3)14-24(20)29)26(23)18-6-8-19(28)9-7-18/h5-10,14,16,21-23,26H,4,11-13,15H2,1-3H3. The van der Waals surface area contributed by atoms with Gasteiger partial charge in [0.15, 0.2) is 0 Å². The molecule has 3 nitrogen and oxygen atoms in total. The lowest BCUT2D eigenvalue weighted by atomic mass is 9.63. The number of rotatable bonds is 5. The average Bonchev–Trinajstić information content (AvgIpc) is 3.09. The second kappa shape index (κ2) is 9.57. The summed E-state index contributed by atoms with van der Waals surface area (Å²) in [6.45, 7) is 6.74. The third kappa shape index (κ3) is 4.61. The van der Waals surface area contributed by atoms with Crippen molar-refractivity contribution in [2.24, 2.45) is 17.8 Å². The molecule has 2 amide bonds. The molecule has 0 radical (unpaired) electrons. The fourth-order valence-corrected chi connectivity index (χ4v) is 6.07. The Morgan fingerprint density at radius 2 is 1.75 bits per heavy atom. The van der Waals surface area contributed by atoms with Gasteiger partial charge in [0.05, 0.1) is 0 Å². The van der Waals surface area contributed by atoms with Crippen LogP contribution < -0.4 is 0 Å². The quantitative estimate of drug-likeness (QED) is 0.470. The Bertz CT molecular complexity index is 1000. The molecule has 0 bridgehead atoms. The van der Waals surface area contributed by atoms with E-state index in [1.807, 2.05) is 25.1 Å². The van der Waals surface area contributed by atoms with E-state index >= 15 is 0 Å². The minimum Gasteiger partial charge on any atom is -0.282 e. The van der Waals surface area contributed by atoms with Crippen LogP contribution >= 0.6 is 23.2 Å². The normalized spacial score (nSPS) is 25.3. The van der Waals surface area contributed by atoms with Crippen LogP contribution in [0.5, 0.6) is 0 Å². The van der Waals surface area contributed by atoms with Gasteiger partial charge in [0.2, 0.25) is 11.8 Å². The molecule has 1 saturated heterocycles. The van der Waals surface area contributed by atoms with E-state index in [0.29, 0.717) is 23.9 Å². The maximum atomic E-state index is 13.3. The second-order valence-corrected chi connectivity index (χ2v) is 10.7. The molecule has 2 aliphatic rings. The van der Waals surface area contributed by atoms with Crippen molar-refractivity contribution >= 4 is 35.0 Å². The van der Waals surface area contributed by atoms with Crippen LogP contribution in [0, 0.1) is 24.7 Å². The number of nitrogens with zero attached hydrogens (tertiary/aromatic N) is 1. The van der Waals surface area contributed by atoms with Crippen LogP contribution in [0.2, 0.25) is 10.0 Å². The van der Waals surface area contributed by atoms with Crippen LogP contribution in [0.15, 0.2) is 42.5 Å². The Hall–Kier alpha value is -1.84. The molecule has 0 spiro atoms. The number of likely N-dealkylation sites (tertiary alicyclic amines) is 1. The van der Waals surface area contributed by atoms with Crippen molar-refractivity contribution in [3.8, 4) is 0 Å². The summed E-state index contributed by atoms with van der Waals surface area (Å²) >= 11 is 12.9. The molecule has 1 aliphatic heterocycles. The second-order valence-electron chi connectivity index (χ2n) is 9.83. The van der Waals surface area contributed by atoms with Gasteiger partial charge in [0.1, 0.15) is 0 Å². The van der Waals surface area contributed by atoms with Gasteiger partial charge < -0.3 is 0 Å². The van der Waals surface area contributed by atoms with Crippen LogP contribution in [0.1, 0.15) is 68.1 Å². The van der Waals surface area contributed by atoms with Crippen LogP contribution in [0.3, 0.4) is 0 Å². The highest BCUT2D eigenvalue weighted by atomic mass is 35.5. The molecule has 0 N–H and O–H groups in total. The van der Waals surface area contributed by atoms with Gasteiger partial charge in [-0.15, -0.1) is 0 Å². The Morgan fingerprint density at radius 1 is 1.06 bits per heavy atom. The third-order valence-electron chi connectivity index (χ3n) is 7.22. The van der Waals surface area contributed by atoms with Crippen molar-refractivity contribution in [2.75, 3.05) is 6.54 Å². The lowest BCUT2D eigenvalue weighted by molar-refractivity contribution is -0.143. The predicted molar refractivity (Wildman–Crippen MR) is 130 cm³/mol. The first kappa shape index (κ1) is 23.3. The number of imide groups is 1. The maximum absolute atomic E-state index is 13.3. The molecule has 2 aromatic rings. The first-order chi connectivity index (χ1) is 15.3. The molecule has 32 heavy (non-hydrogen) atoms. The van der Waals surface area contributed by atoms with Crippen molar-refractivity contribution in [1.29, 1.82) is 0 Å². The Kier molecular flexibility index (Phi) is 6.97.